The predicted molar refractivity (Wildman–Crippen MR) is 84.9 cm³/mol. The van der Waals surface area contributed by atoms with Gasteiger partial charge in [-0.1, -0.05) is 53.8 Å². The molecule has 3 aromatic rings. The second kappa shape index (κ2) is 5.93. The van der Waals surface area contributed by atoms with E-state index in [1.54, 1.807) is 0 Å². The molecule has 0 aliphatic carbocycles. The molecule has 0 amide bonds. The van der Waals surface area contributed by atoms with Gasteiger partial charge in [0.2, 0.25) is 0 Å². The third kappa shape index (κ3) is 3.03. The van der Waals surface area contributed by atoms with Crippen molar-refractivity contribution in [2.24, 2.45) is 0 Å². The Bertz CT molecular complexity index is 722. The van der Waals surface area contributed by atoms with Crippen LogP contribution in [0.25, 0.3) is 10.2 Å². The average Bonchev–Trinajstić information content (AvgIpc) is 2.91. The van der Waals surface area contributed by atoms with Crippen molar-refractivity contribution in [1.29, 1.82) is 0 Å². The molecule has 1 unspecified atom stereocenters. The third-order valence-corrected chi connectivity index (χ3v) is 4.25. The molecule has 5 heteroatoms. The number of nitrogens with zero attached hydrogens (tertiary/aromatic N) is 1. The highest BCUT2D eigenvalue weighted by Crippen LogP contribution is 2.26. The molecule has 106 valence electrons. The molecule has 0 aliphatic heterocycles. The number of para-hydroxylation sites is 1. The largest absolute Gasteiger partial charge is 0.481 e. The Morgan fingerprint density at radius 2 is 1.86 bits per heavy atom. The van der Waals surface area contributed by atoms with E-state index in [1.807, 2.05) is 54.6 Å². The Morgan fingerprint density at radius 3 is 2.57 bits per heavy atom. The molecule has 4 nitrogen and oxygen atoms in total. The number of benzene rings is 2. The Hall–Kier alpha value is -2.40. The van der Waals surface area contributed by atoms with Gasteiger partial charge in [-0.05, 0) is 17.7 Å². The van der Waals surface area contributed by atoms with Crippen LogP contribution in [0.15, 0.2) is 54.6 Å². The zero-order chi connectivity index (χ0) is 14.7. The van der Waals surface area contributed by atoms with Gasteiger partial charge >= 0.3 is 5.97 Å². The van der Waals surface area contributed by atoms with Gasteiger partial charge in [-0.15, -0.1) is 0 Å². The van der Waals surface area contributed by atoms with Crippen molar-refractivity contribution in [3.05, 3.63) is 60.2 Å². The van der Waals surface area contributed by atoms with E-state index in [9.17, 15) is 9.90 Å². The molecule has 0 fully saturated rings. The maximum absolute atomic E-state index is 11.4. The summed E-state index contributed by atoms with van der Waals surface area (Å²) in [6, 6.07) is 17.1. The number of fused-ring (bicyclic) bond motifs is 1. The normalized spacial score (nSPS) is 12.2. The van der Waals surface area contributed by atoms with E-state index in [2.05, 4.69) is 10.3 Å². The molecule has 0 bridgehead atoms. The van der Waals surface area contributed by atoms with Crippen LogP contribution in [0, 0.1) is 0 Å². The van der Waals surface area contributed by atoms with Gasteiger partial charge in [0, 0.05) is 6.54 Å². The summed E-state index contributed by atoms with van der Waals surface area (Å²) in [7, 11) is 0. The first-order valence-corrected chi connectivity index (χ1v) is 7.43. The summed E-state index contributed by atoms with van der Waals surface area (Å²) >= 11 is 1.53. The summed E-state index contributed by atoms with van der Waals surface area (Å²) in [4.78, 5) is 15.9. The molecule has 0 radical (unpaired) electrons. The lowest BCUT2D eigenvalue weighted by atomic mass is 9.99. The fraction of sp³-hybridized carbons (Fsp3) is 0.125. The van der Waals surface area contributed by atoms with Crippen LogP contribution in [-0.2, 0) is 4.79 Å². The molecular weight excluding hydrogens is 284 g/mol. The van der Waals surface area contributed by atoms with Crippen molar-refractivity contribution in [3.8, 4) is 0 Å². The Morgan fingerprint density at radius 1 is 1.14 bits per heavy atom. The molecule has 2 aromatic carbocycles. The molecule has 0 aliphatic rings. The molecule has 21 heavy (non-hydrogen) atoms. The van der Waals surface area contributed by atoms with Gasteiger partial charge in [0.05, 0.1) is 16.1 Å². The number of carboxylic acids is 1. The number of thiazole rings is 1. The number of aliphatic carboxylic acids is 1. The van der Waals surface area contributed by atoms with Crippen molar-refractivity contribution in [2.75, 3.05) is 11.9 Å². The van der Waals surface area contributed by atoms with Gasteiger partial charge in [0.15, 0.2) is 5.13 Å². The lowest BCUT2D eigenvalue weighted by Crippen LogP contribution is -2.20. The van der Waals surface area contributed by atoms with E-state index in [4.69, 9.17) is 0 Å². The number of hydrogen-bond acceptors (Lipinski definition) is 4. The molecule has 3 rings (SSSR count). The second-order valence-electron chi connectivity index (χ2n) is 4.67. The van der Waals surface area contributed by atoms with Crippen LogP contribution in [0.4, 0.5) is 5.13 Å². The van der Waals surface area contributed by atoms with Crippen molar-refractivity contribution < 1.29 is 9.90 Å². The lowest BCUT2D eigenvalue weighted by molar-refractivity contribution is -0.138. The summed E-state index contributed by atoms with van der Waals surface area (Å²) in [5.74, 6) is -1.42. The second-order valence-corrected chi connectivity index (χ2v) is 5.70. The van der Waals surface area contributed by atoms with E-state index < -0.39 is 11.9 Å². The zero-order valence-corrected chi connectivity index (χ0v) is 12.0. The van der Waals surface area contributed by atoms with Gasteiger partial charge < -0.3 is 10.4 Å². The molecule has 1 heterocycles. The molecule has 2 N–H and O–H groups in total. The highest BCUT2D eigenvalue weighted by atomic mass is 32.1. The number of carboxylic acid groups (broad SMARTS) is 1. The number of rotatable bonds is 5. The molecule has 0 saturated heterocycles. The van der Waals surface area contributed by atoms with E-state index in [1.165, 1.54) is 11.3 Å². The van der Waals surface area contributed by atoms with E-state index in [0.717, 1.165) is 20.9 Å². The monoisotopic (exact) mass is 298 g/mol. The number of hydrogen-bond donors (Lipinski definition) is 2. The number of anilines is 1. The van der Waals surface area contributed by atoms with Crippen LogP contribution >= 0.6 is 11.3 Å². The first kappa shape index (κ1) is 13.6. The third-order valence-electron chi connectivity index (χ3n) is 3.25. The fourth-order valence-corrected chi connectivity index (χ4v) is 3.04. The van der Waals surface area contributed by atoms with Crippen LogP contribution in [0.5, 0.6) is 0 Å². The minimum Gasteiger partial charge on any atom is -0.481 e. The van der Waals surface area contributed by atoms with Crippen LogP contribution in [0.2, 0.25) is 0 Å². The minimum absolute atomic E-state index is 0.319. The first-order valence-electron chi connectivity index (χ1n) is 6.61. The smallest absolute Gasteiger partial charge is 0.312 e. The van der Waals surface area contributed by atoms with E-state index in [-0.39, 0.29) is 0 Å². The minimum atomic E-state index is -0.838. The van der Waals surface area contributed by atoms with Crippen molar-refractivity contribution >= 4 is 32.7 Å². The quantitative estimate of drug-likeness (QED) is 0.756. The first-order chi connectivity index (χ1) is 10.2. The average molecular weight is 298 g/mol. The maximum Gasteiger partial charge on any atom is 0.312 e. The molecule has 0 saturated carbocycles. The molecular formula is C16H14N2O2S. The van der Waals surface area contributed by atoms with E-state index >= 15 is 0 Å². The Balaban J connectivity index is 1.76. The number of nitrogens with one attached hydrogen (secondary N) is 1. The van der Waals surface area contributed by atoms with Gasteiger partial charge in [-0.2, -0.15) is 0 Å². The Labute approximate surface area is 126 Å². The number of carbonyl (C=O) groups is 1. The lowest BCUT2D eigenvalue weighted by Gasteiger charge is -2.12. The van der Waals surface area contributed by atoms with Crippen LogP contribution < -0.4 is 5.32 Å². The topological polar surface area (TPSA) is 62.2 Å². The molecule has 1 atom stereocenters. The van der Waals surface area contributed by atoms with Crippen LogP contribution in [0.1, 0.15) is 11.5 Å². The van der Waals surface area contributed by atoms with Gasteiger partial charge in [0.1, 0.15) is 0 Å². The highest BCUT2D eigenvalue weighted by Gasteiger charge is 2.19. The van der Waals surface area contributed by atoms with Gasteiger partial charge in [0.25, 0.3) is 0 Å². The maximum atomic E-state index is 11.4. The van der Waals surface area contributed by atoms with Crippen molar-refractivity contribution in [2.45, 2.75) is 5.92 Å². The summed E-state index contributed by atoms with van der Waals surface area (Å²) in [6.45, 7) is 0.319. The summed E-state index contributed by atoms with van der Waals surface area (Å²) in [5.41, 5.74) is 1.72. The van der Waals surface area contributed by atoms with Gasteiger partial charge in [-0.3, -0.25) is 4.79 Å². The molecule has 0 spiro atoms. The predicted octanol–water partition coefficient (Wildman–Crippen LogP) is 3.58. The van der Waals surface area contributed by atoms with Crippen molar-refractivity contribution in [1.82, 2.24) is 4.98 Å². The fourth-order valence-electron chi connectivity index (χ4n) is 2.17. The Kier molecular flexibility index (Phi) is 3.83. The SMILES string of the molecule is O=C(O)C(CNc1nc2ccccc2s1)c1ccccc1. The van der Waals surface area contributed by atoms with Crippen LogP contribution in [0.3, 0.4) is 0 Å². The highest BCUT2D eigenvalue weighted by molar-refractivity contribution is 7.22. The summed E-state index contributed by atoms with van der Waals surface area (Å²) < 4.78 is 1.09. The van der Waals surface area contributed by atoms with E-state index in [0.29, 0.717) is 6.54 Å². The van der Waals surface area contributed by atoms with Crippen LogP contribution in [-0.4, -0.2) is 22.6 Å². The standard InChI is InChI=1S/C16H14N2O2S/c19-15(20)12(11-6-2-1-3-7-11)10-17-16-18-13-8-4-5-9-14(13)21-16/h1-9,12H,10H2,(H,17,18)(H,19,20). The zero-order valence-electron chi connectivity index (χ0n) is 11.2. The summed E-state index contributed by atoms with van der Waals surface area (Å²) in [5, 5.41) is 13.3. The number of aromatic nitrogens is 1. The van der Waals surface area contributed by atoms with Crippen molar-refractivity contribution in [3.63, 3.8) is 0 Å². The van der Waals surface area contributed by atoms with Gasteiger partial charge in [-0.25, -0.2) is 4.98 Å². The summed E-state index contributed by atoms with van der Waals surface area (Å²) in [6.07, 6.45) is 0. The molecule has 1 aromatic heterocycles.